The number of carbonyl (C=O) groups excluding carboxylic acids is 7. The number of carboxylic acids is 1. The standard InChI is InChI=1S/C75H121N14O26P/c1-50(2)65(61(90)43-53(11-10-25-80-71(78)97)69(94)83-54-15-13-52(14-16-54)46-110-73(99)81-24-7-4-5-9-28-113-116(101,102)114-49-75-48-112-66(67(75)93)62(115-75)45-88-44-51(3)68(77)85-72(88)98)84-64(92)22-30-104-34-38-107-40-36-106-32-27-89-60-20-18-56-55(17-19-59(60)86-87-89)57(56)47-111-74(100)82-26-31-105-35-39-109-42-41-108-37-33-103-29-21-63(91)79-23-8-6-12-58(76)70(95)96/h13-16,44,50,53,55-58,62,65-67,93H,4-12,17-43,45-49,76H2,1-3H3,(H,79,91)(H,81,99)(H,82,100)(H,83,94)(H,84,92)(H,95,96)(H,101,102)(H2,77,85,98)(H3,78,80,97)/t53-,55-,56+,57-,58-,62-,65-,66-,67-,75+/m0/s1. The van der Waals surface area contributed by atoms with Crippen molar-refractivity contribution in [2.45, 2.75) is 179 Å². The van der Waals surface area contributed by atoms with Crippen LogP contribution in [-0.4, -0.2) is 268 Å². The number of aromatic nitrogens is 5. The molecule has 2 aromatic heterocycles. The second-order valence-corrected chi connectivity index (χ2v) is 30.8. The van der Waals surface area contributed by atoms with Gasteiger partial charge in [-0.3, -0.25) is 37.6 Å². The Morgan fingerprint density at radius 2 is 1.31 bits per heavy atom. The minimum absolute atomic E-state index is 0.00111. The van der Waals surface area contributed by atoms with E-state index < -0.39 is 98.0 Å². The van der Waals surface area contributed by atoms with Crippen molar-refractivity contribution in [1.29, 1.82) is 0 Å². The number of aryl methyl sites for hydroxylation is 2. The van der Waals surface area contributed by atoms with Gasteiger partial charge in [0.25, 0.3) is 0 Å². The van der Waals surface area contributed by atoms with Crippen molar-refractivity contribution in [1.82, 2.24) is 51.1 Å². The molecule has 1 unspecified atom stereocenters. The van der Waals surface area contributed by atoms with Gasteiger partial charge in [0.2, 0.25) is 17.7 Å². The fourth-order valence-electron chi connectivity index (χ4n) is 13.6. The third kappa shape index (κ3) is 34.6. The smallest absolute Gasteiger partial charge is 0.472 e. The summed E-state index contributed by atoms with van der Waals surface area (Å²) >= 11 is 0. The lowest BCUT2D eigenvalue weighted by Gasteiger charge is -2.31. The molecular weight excluding hydrogens is 1540 g/mol. The molecule has 15 N–H and O–H groups in total. The minimum Gasteiger partial charge on any atom is -0.480 e. The molecule has 116 heavy (non-hydrogen) atoms. The highest BCUT2D eigenvalue weighted by atomic mass is 31.2. The van der Waals surface area contributed by atoms with Crippen molar-refractivity contribution in [3.8, 4) is 0 Å². The van der Waals surface area contributed by atoms with Gasteiger partial charge in [-0.2, -0.15) is 4.98 Å². The molecular formula is C75H121N14O26P. The molecule has 0 radical (unpaired) electrons. The summed E-state index contributed by atoms with van der Waals surface area (Å²) in [6.45, 7) is 11.0. The average molecular weight is 1670 g/mol. The highest BCUT2D eigenvalue weighted by molar-refractivity contribution is 7.47. The monoisotopic (exact) mass is 1660 g/mol. The molecule has 11 atom stereocenters. The van der Waals surface area contributed by atoms with E-state index in [1.165, 1.54) is 10.8 Å². The van der Waals surface area contributed by atoms with Gasteiger partial charge >= 0.3 is 37.7 Å². The maximum absolute atomic E-state index is 13.9. The summed E-state index contributed by atoms with van der Waals surface area (Å²) < 4.78 is 88.2. The first-order valence-corrected chi connectivity index (χ1v) is 41.5. The lowest BCUT2D eigenvalue weighted by molar-refractivity contribution is -0.163. The van der Waals surface area contributed by atoms with E-state index in [-0.39, 0.29) is 108 Å². The number of Topliss-reactive ketones (excluding diaryl/α,β-unsaturated/α-hetero) is 1. The van der Waals surface area contributed by atoms with Gasteiger partial charge < -0.3 is 116 Å². The van der Waals surface area contributed by atoms with E-state index in [0.29, 0.717) is 185 Å². The van der Waals surface area contributed by atoms with Gasteiger partial charge in [-0.05, 0) is 119 Å². The first kappa shape index (κ1) is 95.2. The number of nitrogens with zero attached hydrogens (tertiary/aromatic N) is 5. The van der Waals surface area contributed by atoms with Gasteiger partial charge in [0.15, 0.2) is 5.78 Å². The number of fused-ring (bicyclic) bond motifs is 4. The predicted octanol–water partition coefficient (Wildman–Crippen LogP) is 2.11. The number of carboxylic acid groups (broad SMARTS) is 1. The zero-order valence-electron chi connectivity index (χ0n) is 66.8. The minimum atomic E-state index is -4.55. The quantitative estimate of drug-likeness (QED) is 0.0284. The first-order valence-electron chi connectivity index (χ1n) is 40.0. The van der Waals surface area contributed by atoms with E-state index in [1.807, 2.05) is 4.68 Å². The van der Waals surface area contributed by atoms with Crippen molar-refractivity contribution in [2.75, 3.05) is 156 Å². The lowest BCUT2D eigenvalue weighted by atomic mass is 9.89. The largest absolute Gasteiger partial charge is 0.480 e. The Labute approximate surface area is 674 Å². The molecule has 2 aliphatic carbocycles. The van der Waals surface area contributed by atoms with Gasteiger partial charge in [0, 0.05) is 68.8 Å². The second-order valence-electron chi connectivity index (χ2n) is 29.3. The average Bonchev–Trinajstić information content (AvgIpc) is 1.56. The molecule has 7 amide bonds. The number of rotatable bonds is 61. The molecule has 4 heterocycles. The van der Waals surface area contributed by atoms with Crippen LogP contribution in [0.25, 0.3) is 0 Å². The van der Waals surface area contributed by atoms with E-state index in [0.717, 1.165) is 37.1 Å². The molecule has 4 aliphatic rings. The van der Waals surface area contributed by atoms with E-state index in [9.17, 15) is 57.7 Å². The van der Waals surface area contributed by atoms with Crippen LogP contribution in [0.5, 0.6) is 0 Å². The van der Waals surface area contributed by atoms with E-state index >= 15 is 0 Å². The maximum atomic E-state index is 13.9. The van der Waals surface area contributed by atoms with Gasteiger partial charge in [-0.1, -0.05) is 44.0 Å². The Morgan fingerprint density at radius 3 is 1.98 bits per heavy atom. The number of anilines is 2. The van der Waals surface area contributed by atoms with Crippen molar-refractivity contribution in [2.24, 2.45) is 41.1 Å². The summed E-state index contributed by atoms with van der Waals surface area (Å²) in [6.07, 6.45) is 5.51. The van der Waals surface area contributed by atoms with Gasteiger partial charge in [0.1, 0.15) is 42.4 Å². The number of hydrogen-bond donors (Lipinski definition) is 12. The molecule has 0 spiro atoms. The molecule has 41 heteroatoms. The fraction of sp³-hybridized carbons (Fsp3) is 0.733. The number of amides is 7. The normalized spacial score (nSPS) is 19.9. The molecule has 40 nitrogen and oxygen atoms in total. The number of nitrogens with one attached hydrogen (secondary N) is 6. The van der Waals surface area contributed by atoms with Crippen molar-refractivity contribution in [3.05, 3.63) is 63.5 Å². The lowest BCUT2D eigenvalue weighted by Crippen LogP contribution is -2.45. The molecule has 3 aromatic rings. The number of ether oxygens (including phenoxy) is 11. The number of benzene rings is 1. The summed E-state index contributed by atoms with van der Waals surface area (Å²) in [5, 5.41) is 45.0. The Hall–Kier alpha value is -7.93. The summed E-state index contributed by atoms with van der Waals surface area (Å²) in [6, 6.07) is 4.08. The second kappa shape index (κ2) is 51.4. The molecule has 2 aliphatic heterocycles. The number of ketones is 1. The number of urea groups is 1. The van der Waals surface area contributed by atoms with Crippen LogP contribution < -0.4 is 54.8 Å². The Morgan fingerprint density at radius 1 is 0.707 bits per heavy atom. The van der Waals surface area contributed by atoms with Crippen LogP contribution in [0.4, 0.5) is 25.9 Å². The van der Waals surface area contributed by atoms with Crippen LogP contribution in [0, 0.1) is 36.5 Å². The number of unbranched alkanes of at least 4 members (excludes halogenated alkanes) is 4. The summed E-state index contributed by atoms with van der Waals surface area (Å²) in [5.74, 6) is -2.21. The van der Waals surface area contributed by atoms with Crippen molar-refractivity contribution in [3.63, 3.8) is 0 Å². The number of nitrogens with two attached hydrogens (primary N) is 3. The van der Waals surface area contributed by atoms with E-state index in [1.54, 1.807) is 45.0 Å². The number of aliphatic carboxylic acids is 1. The van der Waals surface area contributed by atoms with Gasteiger partial charge in [0.05, 0.1) is 149 Å². The summed E-state index contributed by atoms with van der Waals surface area (Å²) in [7, 11) is -4.55. The molecule has 1 saturated carbocycles. The number of aliphatic hydroxyl groups excluding tert-OH is 1. The van der Waals surface area contributed by atoms with E-state index in [2.05, 4.69) is 47.2 Å². The topological polar surface area (TPSA) is 550 Å². The maximum Gasteiger partial charge on any atom is 0.472 e. The number of alkyl carbamates (subject to hydrolysis) is 2. The number of primary amides is 1. The highest BCUT2D eigenvalue weighted by Crippen LogP contribution is 2.53. The fourth-order valence-corrected chi connectivity index (χ4v) is 14.4. The third-order valence-corrected chi connectivity index (χ3v) is 21.1. The SMILES string of the molecule is Cc1cn(C[C@@H]2O[C@@]3(COP(=O)(O)OCCCCCCNC(=O)OCc4ccc(NC(=O)[C@@H](CCCNC(N)=O)CC(=O)[C@@H](NC(=O)CCOCCOCCOCCn5nnc6c5CC[C@@H]5[C@H](CC6)[C@@H]5COC(=O)NCCOCCOCCOCCOCCC(=O)NCCCC[C@H](N)C(=O)O)C(C)C)cc4)CO[C@@H]2[C@@H]3O)c(=O)nc1N. The molecule has 7 rings (SSSR count). The Kier molecular flexibility index (Phi) is 42.2. The third-order valence-electron chi connectivity index (χ3n) is 20.2. The van der Waals surface area contributed by atoms with Crippen LogP contribution in [0.15, 0.2) is 35.3 Å². The summed E-state index contributed by atoms with van der Waals surface area (Å²) in [5.41, 5.74) is 18.1. The van der Waals surface area contributed by atoms with Gasteiger partial charge in [-0.15, -0.1) is 5.10 Å². The summed E-state index contributed by atoms with van der Waals surface area (Å²) in [4.78, 5) is 126. The number of aliphatic hydroxyl groups is 1. The van der Waals surface area contributed by atoms with Crippen LogP contribution in [0.2, 0.25) is 0 Å². The molecule has 3 fully saturated rings. The zero-order chi connectivity index (χ0) is 83.7. The van der Waals surface area contributed by atoms with Crippen molar-refractivity contribution >= 4 is 67.0 Å². The number of hydrogen-bond acceptors (Lipinski definition) is 29. The van der Waals surface area contributed by atoms with Crippen LogP contribution in [0.3, 0.4) is 0 Å². The number of phosphoric acid groups is 1. The van der Waals surface area contributed by atoms with E-state index in [4.69, 9.17) is 83.5 Å². The molecule has 652 valence electrons. The molecule has 1 aromatic carbocycles. The molecule has 2 saturated heterocycles. The predicted molar refractivity (Wildman–Crippen MR) is 415 cm³/mol. The van der Waals surface area contributed by atoms with Crippen LogP contribution in [0.1, 0.15) is 126 Å². The van der Waals surface area contributed by atoms with Crippen molar-refractivity contribution < 1.29 is 119 Å². The first-order chi connectivity index (χ1) is 55.8. The molecule has 2 bridgehead atoms. The Balaban J connectivity index is 0.657. The van der Waals surface area contributed by atoms with Gasteiger partial charge in [-0.25, -0.2) is 28.4 Å². The highest BCUT2D eigenvalue weighted by Gasteiger charge is 2.62. The number of carbonyl (C=O) groups is 8. The zero-order valence-corrected chi connectivity index (χ0v) is 67.7. The Bertz CT molecular complexity index is 3640. The van der Waals surface area contributed by atoms with Crippen LogP contribution in [-0.2, 0) is 122 Å². The number of phosphoric ester groups is 1. The number of nitrogen functional groups attached to an aromatic ring is 1. The van der Waals surface area contributed by atoms with Crippen LogP contribution >= 0.6 is 7.82 Å².